The lowest BCUT2D eigenvalue weighted by Crippen LogP contribution is -2.09. The number of nitrogens with zero attached hydrogens (tertiary/aromatic N) is 2. The lowest BCUT2D eigenvalue weighted by molar-refractivity contribution is 1.30. The van der Waals surface area contributed by atoms with Crippen LogP contribution in [0, 0.1) is 0 Å². The number of para-hydroxylation sites is 2. The predicted octanol–water partition coefficient (Wildman–Crippen LogP) is 16.7. The standard InChI is InChI=1S/C54H36N2S2/c1-3-16-41(17-4-1)55(49-24-12-22-47-45-20-7-9-26-51(45)57-53(47)49)43-32-28-37(29-33-43)39-14-11-15-40(36-39)38-30-34-44(35-31-38)56(42-18-5-2-6-19-42)50-25-13-23-48-46-21-8-10-27-52(46)58-54(48)50/h1-36H. The third-order valence-electron chi connectivity index (χ3n) is 11.1. The van der Waals surface area contributed by atoms with Crippen LogP contribution in [0.15, 0.2) is 218 Å². The van der Waals surface area contributed by atoms with E-state index in [0.717, 1.165) is 22.7 Å². The first-order valence-corrected chi connectivity index (χ1v) is 21.2. The van der Waals surface area contributed by atoms with Crippen molar-refractivity contribution in [3.8, 4) is 22.3 Å². The number of benzene rings is 9. The van der Waals surface area contributed by atoms with Crippen LogP contribution in [0.3, 0.4) is 0 Å². The number of hydrogen-bond acceptors (Lipinski definition) is 4. The largest absolute Gasteiger partial charge is 0.309 e. The fraction of sp³-hybridized carbons (Fsp3) is 0. The number of thiophene rings is 2. The van der Waals surface area contributed by atoms with Crippen molar-refractivity contribution in [2.75, 3.05) is 9.80 Å². The molecule has 0 aliphatic rings. The molecule has 0 fully saturated rings. The van der Waals surface area contributed by atoms with Crippen molar-refractivity contribution in [1.82, 2.24) is 0 Å². The first-order valence-electron chi connectivity index (χ1n) is 19.6. The monoisotopic (exact) mass is 776 g/mol. The molecular formula is C54H36N2S2. The molecule has 0 spiro atoms. The molecule has 2 heterocycles. The number of fused-ring (bicyclic) bond motifs is 6. The van der Waals surface area contributed by atoms with E-state index >= 15 is 0 Å². The fourth-order valence-corrected chi connectivity index (χ4v) is 10.7. The Morgan fingerprint density at radius 2 is 0.621 bits per heavy atom. The summed E-state index contributed by atoms with van der Waals surface area (Å²) in [5.41, 5.74) is 11.6. The Morgan fingerprint density at radius 1 is 0.259 bits per heavy atom. The van der Waals surface area contributed by atoms with Gasteiger partial charge in [-0.1, -0.05) is 140 Å². The summed E-state index contributed by atoms with van der Waals surface area (Å²) in [7, 11) is 0. The smallest absolute Gasteiger partial charge is 0.0640 e. The van der Waals surface area contributed by atoms with Crippen molar-refractivity contribution in [3.05, 3.63) is 218 Å². The minimum absolute atomic E-state index is 1.13. The molecule has 2 aromatic heterocycles. The third-order valence-corrected chi connectivity index (χ3v) is 13.5. The summed E-state index contributed by atoms with van der Waals surface area (Å²) in [4.78, 5) is 4.78. The van der Waals surface area contributed by atoms with Crippen LogP contribution < -0.4 is 9.80 Å². The van der Waals surface area contributed by atoms with Gasteiger partial charge in [-0.15, -0.1) is 22.7 Å². The Bertz CT molecular complexity index is 3000. The Kier molecular flexibility index (Phi) is 8.58. The second-order valence-electron chi connectivity index (χ2n) is 14.5. The fourth-order valence-electron chi connectivity index (χ4n) is 8.31. The van der Waals surface area contributed by atoms with Crippen LogP contribution in [-0.2, 0) is 0 Å². The molecule has 58 heavy (non-hydrogen) atoms. The third kappa shape index (κ3) is 6.02. The van der Waals surface area contributed by atoms with Gasteiger partial charge in [0.05, 0.1) is 20.8 Å². The predicted molar refractivity (Wildman–Crippen MR) is 252 cm³/mol. The number of anilines is 6. The van der Waals surface area contributed by atoms with E-state index in [1.54, 1.807) is 0 Å². The van der Waals surface area contributed by atoms with Gasteiger partial charge in [0.1, 0.15) is 0 Å². The molecule has 0 bridgehead atoms. The van der Waals surface area contributed by atoms with E-state index in [4.69, 9.17) is 0 Å². The molecular weight excluding hydrogens is 741 g/mol. The molecule has 11 rings (SSSR count). The molecule has 9 aromatic carbocycles. The van der Waals surface area contributed by atoms with Crippen molar-refractivity contribution in [2.24, 2.45) is 0 Å². The molecule has 0 aliphatic carbocycles. The van der Waals surface area contributed by atoms with E-state index in [9.17, 15) is 0 Å². The molecule has 0 radical (unpaired) electrons. The quantitative estimate of drug-likeness (QED) is 0.152. The van der Waals surface area contributed by atoms with Gasteiger partial charge in [0.2, 0.25) is 0 Å². The Morgan fingerprint density at radius 3 is 1.07 bits per heavy atom. The molecule has 2 nitrogen and oxygen atoms in total. The highest BCUT2D eigenvalue weighted by Crippen LogP contribution is 2.46. The molecule has 4 heteroatoms. The zero-order valence-corrected chi connectivity index (χ0v) is 33.1. The van der Waals surface area contributed by atoms with Gasteiger partial charge < -0.3 is 9.80 Å². The summed E-state index contributed by atoms with van der Waals surface area (Å²) < 4.78 is 5.20. The van der Waals surface area contributed by atoms with Crippen LogP contribution in [0.2, 0.25) is 0 Å². The summed E-state index contributed by atoms with van der Waals surface area (Å²) in [5.74, 6) is 0. The summed E-state index contributed by atoms with van der Waals surface area (Å²) in [5, 5.41) is 5.20. The molecule has 274 valence electrons. The van der Waals surface area contributed by atoms with E-state index in [1.165, 1.54) is 74.0 Å². The summed E-state index contributed by atoms with van der Waals surface area (Å²) in [6.07, 6.45) is 0. The van der Waals surface area contributed by atoms with Gasteiger partial charge in [0.25, 0.3) is 0 Å². The SMILES string of the molecule is c1ccc(N(c2ccc(-c3cccc(-c4ccc(N(c5ccccc5)c5cccc6c5sc5ccccc56)cc4)c3)cc2)c2cccc3c2sc2ccccc23)cc1. The van der Waals surface area contributed by atoms with Crippen molar-refractivity contribution in [3.63, 3.8) is 0 Å². The molecule has 11 aromatic rings. The molecule has 0 unspecified atom stereocenters. The maximum absolute atomic E-state index is 2.39. The second kappa shape index (κ2) is 14.5. The van der Waals surface area contributed by atoms with Crippen LogP contribution >= 0.6 is 22.7 Å². The van der Waals surface area contributed by atoms with Gasteiger partial charge in [0, 0.05) is 53.7 Å². The maximum atomic E-state index is 2.39. The minimum atomic E-state index is 1.13. The van der Waals surface area contributed by atoms with Crippen LogP contribution in [0.4, 0.5) is 34.1 Å². The zero-order valence-electron chi connectivity index (χ0n) is 31.5. The van der Waals surface area contributed by atoms with Gasteiger partial charge in [-0.3, -0.25) is 0 Å². The topological polar surface area (TPSA) is 6.48 Å². The van der Waals surface area contributed by atoms with Crippen molar-refractivity contribution < 1.29 is 0 Å². The second-order valence-corrected chi connectivity index (χ2v) is 16.6. The highest BCUT2D eigenvalue weighted by Gasteiger charge is 2.20. The zero-order chi connectivity index (χ0) is 38.4. The van der Waals surface area contributed by atoms with Crippen LogP contribution in [0.25, 0.3) is 62.6 Å². The van der Waals surface area contributed by atoms with Gasteiger partial charge in [-0.2, -0.15) is 0 Å². The number of rotatable bonds is 8. The van der Waals surface area contributed by atoms with Crippen LogP contribution in [0.1, 0.15) is 0 Å². The van der Waals surface area contributed by atoms with Gasteiger partial charge in [0.15, 0.2) is 0 Å². The summed E-state index contributed by atoms with van der Waals surface area (Å²) in [6.45, 7) is 0. The van der Waals surface area contributed by atoms with Crippen LogP contribution in [-0.4, -0.2) is 0 Å². The molecule has 0 N–H and O–H groups in total. The summed E-state index contributed by atoms with van der Waals surface area (Å²) >= 11 is 3.72. The van der Waals surface area contributed by atoms with Crippen molar-refractivity contribution in [1.29, 1.82) is 0 Å². The highest BCUT2D eigenvalue weighted by atomic mass is 32.1. The van der Waals surface area contributed by atoms with Gasteiger partial charge >= 0.3 is 0 Å². The number of hydrogen-bond donors (Lipinski definition) is 0. The Balaban J connectivity index is 0.930. The van der Waals surface area contributed by atoms with E-state index in [-0.39, 0.29) is 0 Å². The summed E-state index contributed by atoms with van der Waals surface area (Å²) in [6, 6.07) is 79.1. The highest BCUT2D eigenvalue weighted by molar-refractivity contribution is 7.26. The molecule has 0 saturated heterocycles. The van der Waals surface area contributed by atoms with Gasteiger partial charge in [-0.05, 0) is 101 Å². The van der Waals surface area contributed by atoms with E-state index in [1.807, 2.05) is 22.7 Å². The lowest BCUT2D eigenvalue weighted by Gasteiger charge is -2.26. The average molecular weight is 777 g/mol. The molecule has 0 aliphatic heterocycles. The van der Waals surface area contributed by atoms with Crippen LogP contribution in [0.5, 0.6) is 0 Å². The maximum Gasteiger partial charge on any atom is 0.0640 e. The Hall–Kier alpha value is -6.98. The first kappa shape index (κ1) is 34.3. The van der Waals surface area contributed by atoms with Gasteiger partial charge in [-0.25, -0.2) is 0 Å². The van der Waals surface area contributed by atoms with Crippen molar-refractivity contribution in [2.45, 2.75) is 0 Å². The van der Waals surface area contributed by atoms with E-state index < -0.39 is 0 Å². The lowest BCUT2D eigenvalue weighted by atomic mass is 9.98. The normalized spacial score (nSPS) is 11.4. The molecule has 0 amide bonds. The Labute approximate surface area is 345 Å². The first-order chi connectivity index (χ1) is 28.8. The molecule has 0 atom stereocenters. The van der Waals surface area contributed by atoms with E-state index in [2.05, 4.69) is 228 Å². The average Bonchev–Trinajstić information content (AvgIpc) is 3.88. The van der Waals surface area contributed by atoms with Crippen molar-refractivity contribution >= 4 is 97.1 Å². The molecule has 0 saturated carbocycles. The van der Waals surface area contributed by atoms with E-state index in [0.29, 0.717) is 0 Å². The minimum Gasteiger partial charge on any atom is -0.309 e.